The number of nitrogens with one attached hydrogen (secondary N) is 1. The summed E-state index contributed by atoms with van der Waals surface area (Å²) >= 11 is 1.86. The minimum atomic E-state index is 0.598. The van der Waals surface area contributed by atoms with E-state index in [9.17, 15) is 0 Å². The third kappa shape index (κ3) is 3.67. The Morgan fingerprint density at radius 2 is 2.31 bits per heavy atom. The number of nitrogens with zero attached hydrogens (tertiary/aromatic N) is 1. The molecule has 1 unspecified atom stereocenters. The molecule has 0 aliphatic rings. The summed E-state index contributed by atoms with van der Waals surface area (Å²) in [6.07, 6.45) is 3.21. The zero-order valence-corrected chi connectivity index (χ0v) is 10.5. The van der Waals surface area contributed by atoms with Crippen molar-refractivity contribution in [3.05, 3.63) is 23.8 Å². The van der Waals surface area contributed by atoms with Gasteiger partial charge in [0, 0.05) is 11.8 Å². The van der Waals surface area contributed by atoms with Crippen molar-refractivity contribution in [1.82, 2.24) is 0 Å². The van der Waals surface area contributed by atoms with Gasteiger partial charge in [0.2, 0.25) is 0 Å². The molecule has 0 amide bonds. The Hall–Kier alpha value is -1.34. The number of rotatable bonds is 5. The molecule has 1 aromatic rings. The van der Waals surface area contributed by atoms with Gasteiger partial charge in [0.25, 0.3) is 0 Å². The second kappa shape index (κ2) is 6.29. The van der Waals surface area contributed by atoms with Crippen LogP contribution in [0.25, 0.3) is 0 Å². The van der Waals surface area contributed by atoms with Crippen LogP contribution in [-0.2, 0) is 0 Å². The molecule has 0 heterocycles. The molecule has 0 spiro atoms. The van der Waals surface area contributed by atoms with Gasteiger partial charge in [0.05, 0.1) is 23.0 Å². The van der Waals surface area contributed by atoms with E-state index in [-0.39, 0.29) is 0 Å². The molecular weight excluding hydrogens is 218 g/mol. The molecule has 0 aliphatic carbocycles. The van der Waals surface area contributed by atoms with Crippen LogP contribution >= 0.6 is 11.8 Å². The smallest absolute Gasteiger partial charge is 0.0992 e. The van der Waals surface area contributed by atoms with Crippen LogP contribution < -0.4 is 11.1 Å². The molecule has 4 heteroatoms. The van der Waals surface area contributed by atoms with Crippen LogP contribution in [0, 0.1) is 11.3 Å². The fourth-order valence-electron chi connectivity index (χ4n) is 1.32. The monoisotopic (exact) mass is 235 g/mol. The lowest BCUT2D eigenvalue weighted by Gasteiger charge is -2.11. The zero-order valence-electron chi connectivity index (χ0n) is 9.66. The first-order valence-electron chi connectivity index (χ1n) is 5.23. The minimum absolute atomic E-state index is 0.598. The van der Waals surface area contributed by atoms with E-state index in [2.05, 4.69) is 24.6 Å². The third-order valence-electron chi connectivity index (χ3n) is 2.45. The van der Waals surface area contributed by atoms with Gasteiger partial charge in [-0.05, 0) is 30.9 Å². The predicted molar refractivity (Wildman–Crippen MR) is 71.7 cm³/mol. The second-order valence-electron chi connectivity index (χ2n) is 3.68. The Bertz CT molecular complexity index is 384. The zero-order chi connectivity index (χ0) is 12.0. The number of thioether (sulfide) groups is 1. The standard InChI is InChI=1S/C12H17N3S/c1-9(16-2)5-6-15-12-4-3-10(8-13)7-11(12)14/h3-4,7,9,15H,5-6,14H2,1-2H3. The van der Waals surface area contributed by atoms with Crippen LogP contribution in [0.5, 0.6) is 0 Å². The van der Waals surface area contributed by atoms with Gasteiger partial charge >= 0.3 is 0 Å². The largest absolute Gasteiger partial charge is 0.397 e. The van der Waals surface area contributed by atoms with Gasteiger partial charge < -0.3 is 11.1 Å². The average Bonchev–Trinajstić information content (AvgIpc) is 2.30. The third-order valence-corrected chi connectivity index (χ3v) is 3.49. The molecule has 1 aromatic carbocycles. The van der Waals surface area contributed by atoms with Crippen molar-refractivity contribution in [3.8, 4) is 6.07 Å². The van der Waals surface area contributed by atoms with Gasteiger partial charge in [-0.3, -0.25) is 0 Å². The fourth-order valence-corrected chi connectivity index (χ4v) is 1.67. The average molecular weight is 235 g/mol. The van der Waals surface area contributed by atoms with E-state index in [1.54, 1.807) is 12.1 Å². The molecule has 0 saturated heterocycles. The van der Waals surface area contributed by atoms with Crippen LogP contribution in [0.4, 0.5) is 11.4 Å². The predicted octanol–water partition coefficient (Wildman–Crippen LogP) is 2.69. The summed E-state index contributed by atoms with van der Waals surface area (Å²) < 4.78 is 0. The molecule has 1 rings (SSSR count). The lowest BCUT2D eigenvalue weighted by molar-refractivity contribution is 0.854. The van der Waals surface area contributed by atoms with E-state index in [0.29, 0.717) is 16.5 Å². The molecule has 0 aromatic heterocycles. The number of nitrogens with two attached hydrogens (primary N) is 1. The lowest BCUT2D eigenvalue weighted by atomic mass is 10.2. The van der Waals surface area contributed by atoms with Crippen LogP contribution in [0.2, 0.25) is 0 Å². The first-order valence-corrected chi connectivity index (χ1v) is 6.52. The number of hydrogen-bond acceptors (Lipinski definition) is 4. The molecule has 16 heavy (non-hydrogen) atoms. The number of nitriles is 1. The molecule has 0 bridgehead atoms. The Morgan fingerprint density at radius 1 is 1.56 bits per heavy atom. The van der Waals surface area contributed by atoms with E-state index in [0.717, 1.165) is 18.7 Å². The molecule has 3 nitrogen and oxygen atoms in total. The molecule has 1 atom stereocenters. The molecule has 0 aliphatic heterocycles. The first kappa shape index (κ1) is 12.7. The number of anilines is 2. The van der Waals surface area contributed by atoms with E-state index in [4.69, 9.17) is 11.0 Å². The fraction of sp³-hybridized carbons (Fsp3) is 0.417. The van der Waals surface area contributed by atoms with Crippen molar-refractivity contribution >= 4 is 23.1 Å². The van der Waals surface area contributed by atoms with Crippen LogP contribution in [0.15, 0.2) is 18.2 Å². The Labute approximate surface area is 101 Å². The van der Waals surface area contributed by atoms with Gasteiger partial charge in [-0.15, -0.1) is 0 Å². The Kier molecular flexibility index (Phi) is 5.00. The van der Waals surface area contributed by atoms with Crippen molar-refractivity contribution < 1.29 is 0 Å². The summed E-state index contributed by atoms with van der Waals surface area (Å²) in [4.78, 5) is 0. The summed E-state index contributed by atoms with van der Waals surface area (Å²) in [6, 6.07) is 7.40. The van der Waals surface area contributed by atoms with E-state index in [1.807, 2.05) is 17.8 Å². The maximum atomic E-state index is 8.70. The number of hydrogen-bond donors (Lipinski definition) is 2. The molecule has 0 fully saturated rings. The maximum Gasteiger partial charge on any atom is 0.0992 e. The van der Waals surface area contributed by atoms with Crippen molar-refractivity contribution in [3.63, 3.8) is 0 Å². The summed E-state index contributed by atoms with van der Waals surface area (Å²) in [6.45, 7) is 3.10. The van der Waals surface area contributed by atoms with Crippen molar-refractivity contribution in [2.24, 2.45) is 0 Å². The van der Waals surface area contributed by atoms with Crippen LogP contribution in [0.3, 0.4) is 0 Å². The topological polar surface area (TPSA) is 61.8 Å². The minimum Gasteiger partial charge on any atom is -0.397 e. The lowest BCUT2D eigenvalue weighted by Crippen LogP contribution is -2.09. The van der Waals surface area contributed by atoms with Crippen molar-refractivity contribution in [2.75, 3.05) is 23.9 Å². The number of nitrogen functional groups attached to an aromatic ring is 1. The Balaban J connectivity index is 2.52. The van der Waals surface area contributed by atoms with E-state index >= 15 is 0 Å². The quantitative estimate of drug-likeness (QED) is 0.770. The summed E-state index contributed by atoms with van der Waals surface area (Å²) in [5.74, 6) is 0. The van der Waals surface area contributed by atoms with Gasteiger partial charge in [0.1, 0.15) is 0 Å². The van der Waals surface area contributed by atoms with E-state index < -0.39 is 0 Å². The summed E-state index contributed by atoms with van der Waals surface area (Å²) in [5, 5.41) is 12.6. The Morgan fingerprint density at radius 3 is 2.88 bits per heavy atom. The van der Waals surface area contributed by atoms with Gasteiger partial charge in [-0.1, -0.05) is 6.92 Å². The van der Waals surface area contributed by atoms with Crippen molar-refractivity contribution in [2.45, 2.75) is 18.6 Å². The molecule has 0 radical (unpaired) electrons. The summed E-state index contributed by atoms with van der Waals surface area (Å²) in [5.41, 5.74) is 7.97. The highest BCUT2D eigenvalue weighted by molar-refractivity contribution is 7.99. The summed E-state index contributed by atoms with van der Waals surface area (Å²) in [7, 11) is 0. The highest BCUT2D eigenvalue weighted by Crippen LogP contribution is 2.20. The second-order valence-corrected chi connectivity index (χ2v) is 4.95. The van der Waals surface area contributed by atoms with Gasteiger partial charge in [-0.2, -0.15) is 17.0 Å². The van der Waals surface area contributed by atoms with Crippen LogP contribution in [-0.4, -0.2) is 18.1 Å². The highest BCUT2D eigenvalue weighted by atomic mass is 32.2. The molecule has 86 valence electrons. The first-order chi connectivity index (χ1) is 7.67. The van der Waals surface area contributed by atoms with Crippen LogP contribution in [0.1, 0.15) is 18.9 Å². The van der Waals surface area contributed by atoms with Crippen molar-refractivity contribution in [1.29, 1.82) is 5.26 Å². The molecular formula is C12H17N3S. The highest BCUT2D eigenvalue weighted by Gasteiger charge is 2.02. The SMILES string of the molecule is CSC(C)CCNc1ccc(C#N)cc1N. The maximum absolute atomic E-state index is 8.70. The van der Waals surface area contributed by atoms with E-state index in [1.165, 1.54) is 0 Å². The molecule has 3 N–H and O–H groups in total. The number of benzene rings is 1. The van der Waals surface area contributed by atoms with Gasteiger partial charge in [0.15, 0.2) is 0 Å². The normalized spacial score (nSPS) is 11.8. The molecule has 0 saturated carbocycles. The van der Waals surface area contributed by atoms with Gasteiger partial charge in [-0.25, -0.2) is 0 Å².